The number of amides is 1. The summed E-state index contributed by atoms with van der Waals surface area (Å²) in [6.07, 6.45) is 0. The highest BCUT2D eigenvalue weighted by Gasteiger charge is 2.19. The minimum atomic E-state index is 0.0496. The minimum Gasteiger partial charge on any atom is -0.326 e. The van der Waals surface area contributed by atoms with Crippen molar-refractivity contribution < 1.29 is 4.79 Å². The topological polar surface area (TPSA) is 46.3 Å². The number of rotatable bonds is 4. The van der Waals surface area contributed by atoms with E-state index in [0.717, 1.165) is 27.9 Å². The quantitative estimate of drug-likeness (QED) is 0.934. The summed E-state index contributed by atoms with van der Waals surface area (Å²) in [4.78, 5) is 14.7. The maximum absolute atomic E-state index is 12.9. The van der Waals surface area contributed by atoms with Crippen LogP contribution in [0.5, 0.6) is 0 Å². The van der Waals surface area contributed by atoms with Crippen LogP contribution in [-0.2, 0) is 6.54 Å². The van der Waals surface area contributed by atoms with Gasteiger partial charge in [0.2, 0.25) is 0 Å². The fourth-order valence-electron chi connectivity index (χ4n) is 2.54. The average Bonchev–Trinajstić information content (AvgIpc) is 2.48. The van der Waals surface area contributed by atoms with Crippen molar-refractivity contribution in [2.45, 2.75) is 27.3 Å². The van der Waals surface area contributed by atoms with Gasteiger partial charge in [-0.05, 0) is 49.6 Å². The van der Waals surface area contributed by atoms with Gasteiger partial charge in [0, 0.05) is 24.3 Å². The predicted molar refractivity (Wildman–Crippen MR) is 87.6 cm³/mol. The fourth-order valence-corrected chi connectivity index (χ4v) is 2.54. The van der Waals surface area contributed by atoms with Gasteiger partial charge in [0.25, 0.3) is 5.91 Å². The van der Waals surface area contributed by atoms with Gasteiger partial charge in [-0.25, -0.2) is 0 Å². The molecule has 1 amide bonds. The monoisotopic (exact) mass is 282 g/mol. The molecule has 0 atom stereocenters. The molecule has 3 nitrogen and oxygen atoms in total. The lowest BCUT2D eigenvalue weighted by Gasteiger charge is -2.23. The molecule has 2 aromatic carbocycles. The first-order chi connectivity index (χ1) is 10.1. The van der Waals surface area contributed by atoms with Gasteiger partial charge in [-0.3, -0.25) is 4.79 Å². The molecule has 0 aliphatic carbocycles. The maximum atomic E-state index is 12.9. The third kappa shape index (κ3) is 3.14. The van der Waals surface area contributed by atoms with Crippen molar-refractivity contribution in [2.24, 2.45) is 5.73 Å². The van der Waals surface area contributed by atoms with Crippen molar-refractivity contribution in [1.29, 1.82) is 0 Å². The summed E-state index contributed by atoms with van der Waals surface area (Å²) in [5.74, 6) is 0.0496. The van der Waals surface area contributed by atoms with Crippen molar-refractivity contribution in [2.75, 3.05) is 11.4 Å². The fraction of sp³-hybridized carbons (Fsp3) is 0.278. The number of hydrogen-bond donors (Lipinski definition) is 1. The van der Waals surface area contributed by atoms with Crippen LogP contribution in [0.2, 0.25) is 0 Å². The lowest BCUT2D eigenvalue weighted by molar-refractivity contribution is 0.0987. The summed E-state index contributed by atoms with van der Waals surface area (Å²) in [6, 6.07) is 13.8. The molecule has 110 valence electrons. The Hall–Kier alpha value is -2.13. The first kappa shape index (κ1) is 15.3. The molecule has 2 aromatic rings. The molecule has 3 heteroatoms. The Morgan fingerprint density at radius 2 is 1.62 bits per heavy atom. The summed E-state index contributed by atoms with van der Waals surface area (Å²) >= 11 is 0. The number of aryl methyl sites for hydroxylation is 2. The third-order valence-electron chi connectivity index (χ3n) is 3.74. The normalized spacial score (nSPS) is 10.5. The molecular formula is C18H22N2O. The van der Waals surface area contributed by atoms with Crippen molar-refractivity contribution >= 4 is 11.6 Å². The van der Waals surface area contributed by atoms with E-state index in [0.29, 0.717) is 13.1 Å². The van der Waals surface area contributed by atoms with E-state index in [2.05, 4.69) is 0 Å². The zero-order valence-electron chi connectivity index (χ0n) is 12.9. The molecule has 0 spiro atoms. The van der Waals surface area contributed by atoms with Crippen LogP contribution in [-0.4, -0.2) is 12.5 Å². The van der Waals surface area contributed by atoms with Gasteiger partial charge in [0.05, 0.1) is 0 Å². The lowest BCUT2D eigenvalue weighted by Crippen LogP contribution is -2.31. The van der Waals surface area contributed by atoms with Crippen LogP contribution in [0.4, 0.5) is 5.69 Å². The molecular weight excluding hydrogens is 260 g/mol. The van der Waals surface area contributed by atoms with E-state index in [-0.39, 0.29) is 5.91 Å². The first-order valence-electron chi connectivity index (χ1n) is 7.25. The van der Waals surface area contributed by atoms with E-state index in [9.17, 15) is 4.79 Å². The van der Waals surface area contributed by atoms with Gasteiger partial charge in [0.1, 0.15) is 0 Å². The number of carbonyl (C=O) groups is 1. The standard InChI is InChI=1S/C18H22N2O/c1-4-20(16-10-8-15(12-19)9-11-16)18(21)17-13(2)6-5-7-14(17)3/h5-11H,4,12,19H2,1-3H3. The molecule has 0 aliphatic heterocycles. The van der Waals surface area contributed by atoms with Crippen molar-refractivity contribution in [3.05, 3.63) is 64.7 Å². The molecule has 0 saturated carbocycles. The molecule has 21 heavy (non-hydrogen) atoms. The number of hydrogen-bond acceptors (Lipinski definition) is 2. The number of nitrogens with two attached hydrogens (primary N) is 1. The van der Waals surface area contributed by atoms with Gasteiger partial charge in [-0.15, -0.1) is 0 Å². The maximum Gasteiger partial charge on any atom is 0.258 e. The van der Waals surface area contributed by atoms with Gasteiger partial charge in [0.15, 0.2) is 0 Å². The Kier molecular flexibility index (Phi) is 4.76. The highest BCUT2D eigenvalue weighted by molar-refractivity contribution is 6.07. The molecule has 0 fully saturated rings. The lowest BCUT2D eigenvalue weighted by atomic mass is 10.0. The molecule has 2 rings (SSSR count). The second-order valence-corrected chi connectivity index (χ2v) is 5.19. The molecule has 0 aromatic heterocycles. The number of anilines is 1. The van der Waals surface area contributed by atoms with Crippen LogP contribution >= 0.6 is 0 Å². The summed E-state index contributed by atoms with van der Waals surface area (Å²) in [5.41, 5.74) is 10.4. The minimum absolute atomic E-state index is 0.0496. The number of nitrogens with zero attached hydrogens (tertiary/aromatic N) is 1. The van der Waals surface area contributed by atoms with Gasteiger partial charge in [-0.1, -0.05) is 30.3 Å². The van der Waals surface area contributed by atoms with Gasteiger partial charge < -0.3 is 10.6 Å². The molecule has 0 heterocycles. The van der Waals surface area contributed by atoms with Crippen molar-refractivity contribution in [3.63, 3.8) is 0 Å². The molecule has 0 radical (unpaired) electrons. The second-order valence-electron chi connectivity index (χ2n) is 5.19. The van der Waals surface area contributed by atoms with Crippen LogP contribution in [0.15, 0.2) is 42.5 Å². The highest BCUT2D eigenvalue weighted by atomic mass is 16.2. The van der Waals surface area contributed by atoms with E-state index in [4.69, 9.17) is 5.73 Å². The van der Waals surface area contributed by atoms with Crippen LogP contribution in [0.3, 0.4) is 0 Å². The summed E-state index contributed by atoms with van der Waals surface area (Å²) in [6.45, 7) is 7.09. The van der Waals surface area contributed by atoms with Crippen LogP contribution in [0.1, 0.15) is 34.0 Å². The second kappa shape index (κ2) is 6.55. The average molecular weight is 282 g/mol. The van der Waals surface area contributed by atoms with Crippen molar-refractivity contribution in [1.82, 2.24) is 0 Å². The Morgan fingerprint density at radius 3 is 2.10 bits per heavy atom. The van der Waals surface area contributed by atoms with E-state index in [1.807, 2.05) is 63.2 Å². The van der Waals surface area contributed by atoms with E-state index >= 15 is 0 Å². The Balaban J connectivity index is 2.38. The van der Waals surface area contributed by atoms with Gasteiger partial charge >= 0.3 is 0 Å². The third-order valence-corrected chi connectivity index (χ3v) is 3.74. The summed E-state index contributed by atoms with van der Waals surface area (Å²) in [7, 11) is 0. The molecule has 2 N–H and O–H groups in total. The highest BCUT2D eigenvalue weighted by Crippen LogP contribution is 2.21. The van der Waals surface area contributed by atoms with Crippen molar-refractivity contribution in [3.8, 4) is 0 Å². The predicted octanol–water partition coefficient (Wildman–Crippen LogP) is 3.43. The Morgan fingerprint density at radius 1 is 1.05 bits per heavy atom. The Labute approximate surface area is 126 Å². The number of carbonyl (C=O) groups excluding carboxylic acids is 1. The molecule has 0 aliphatic rings. The van der Waals surface area contributed by atoms with Crippen LogP contribution in [0.25, 0.3) is 0 Å². The first-order valence-corrected chi connectivity index (χ1v) is 7.25. The summed E-state index contributed by atoms with van der Waals surface area (Å²) < 4.78 is 0. The van der Waals surface area contributed by atoms with Crippen LogP contribution in [0, 0.1) is 13.8 Å². The zero-order valence-corrected chi connectivity index (χ0v) is 12.9. The SMILES string of the molecule is CCN(C(=O)c1c(C)cccc1C)c1ccc(CN)cc1. The Bertz CT molecular complexity index is 612. The van der Waals surface area contributed by atoms with E-state index in [1.54, 1.807) is 4.90 Å². The summed E-state index contributed by atoms with van der Waals surface area (Å²) in [5, 5.41) is 0. The zero-order chi connectivity index (χ0) is 15.4. The van der Waals surface area contributed by atoms with Gasteiger partial charge in [-0.2, -0.15) is 0 Å². The van der Waals surface area contributed by atoms with Crippen LogP contribution < -0.4 is 10.6 Å². The molecule has 0 bridgehead atoms. The van der Waals surface area contributed by atoms with E-state index in [1.165, 1.54) is 0 Å². The smallest absolute Gasteiger partial charge is 0.258 e. The number of benzene rings is 2. The largest absolute Gasteiger partial charge is 0.326 e. The molecule has 0 unspecified atom stereocenters. The van der Waals surface area contributed by atoms with E-state index < -0.39 is 0 Å². The molecule has 0 saturated heterocycles.